The first-order chi connectivity index (χ1) is 16.8. The number of hydrogen-bond donors (Lipinski definition) is 0. The van der Waals surface area contributed by atoms with E-state index in [0.29, 0.717) is 5.69 Å². The van der Waals surface area contributed by atoms with E-state index < -0.39 is 22.8 Å². The Bertz CT molecular complexity index is 1350. The highest BCUT2D eigenvalue weighted by atomic mass is 35.5. The van der Waals surface area contributed by atoms with Crippen LogP contribution in [0.2, 0.25) is 5.02 Å². The summed E-state index contributed by atoms with van der Waals surface area (Å²) in [6, 6.07) is 14.5. The molecule has 4 rings (SSSR count). The van der Waals surface area contributed by atoms with Crippen LogP contribution in [0, 0.1) is 10.1 Å². The van der Waals surface area contributed by atoms with Crippen LogP contribution >= 0.6 is 11.6 Å². The van der Waals surface area contributed by atoms with Gasteiger partial charge in [-0.1, -0.05) is 29.8 Å². The number of halogens is 1. The van der Waals surface area contributed by atoms with E-state index in [1.54, 1.807) is 30.3 Å². The summed E-state index contributed by atoms with van der Waals surface area (Å²) in [7, 11) is 1.43. The van der Waals surface area contributed by atoms with Crippen LogP contribution in [0.1, 0.15) is 5.76 Å². The Kier molecular flexibility index (Phi) is 6.76. The molecule has 0 unspecified atom stereocenters. The van der Waals surface area contributed by atoms with E-state index >= 15 is 0 Å². The fraction of sp³-hybridized carbons (Fsp3) is 0.125. The van der Waals surface area contributed by atoms with Gasteiger partial charge in [0.15, 0.2) is 0 Å². The lowest BCUT2D eigenvalue weighted by atomic mass is 10.1. The van der Waals surface area contributed by atoms with Crippen LogP contribution < -0.4 is 4.90 Å². The van der Waals surface area contributed by atoms with Gasteiger partial charge < -0.3 is 9.15 Å². The number of hydrogen-bond acceptors (Lipinski definition) is 7. The first-order valence-electron chi connectivity index (χ1n) is 10.3. The summed E-state index contributed by atoms with van der Waals surface area (Å²) in [5, 5.41) is 11.6. The summed E-state index contributed by atoms with van der Waals surface area (Å²) in [4.78, 5) is 52.0. The van der Waals surface area contributed by atoms with Gasteiger partial charge in [0.2, 0.25) is 0 Å². The summed E-state index contributed by atoms with van der Waals surface area (Å²) in [5.74, 6) is -1.40. The Labute approximate surface area is 204 Å². The van der Waals surface area contributed by atoms with Crippen LogP contribution in [0.4, 0.5) is 16.2 Å². The van der Waals surface area contributed by atoms with Crippen LogP contribution in [0.5, 0.6) is 0 Å². The molecule has 4 amide bonds. The zero-order valence-electron chi connectivity index (χ0n) is 18.3. The van der Waals surface area contributed by atoms with Gasteiger partial charge in [0.25, 0.3) is 17.5 Å². The number of imide groups is 2. The second-order valence-electron chi connectivity index (χ2n) is 7.39. The Hall–Kier alpha value is -4.28. The van der Waals surface area contributed by atoms with Crippen molar-refractivity contribution in [2.24, 2.45) is 0 Å². The topological polar surface area (TPSA) is 123 Å². The third-order valence-corrected chi connectivity index (χ3v) is 5.44. The molecule has 0 radical (unpaired) electrons. The number of amides is 4. The van der Waals surface area contributed by atoms with Crippen molar-refractivity contribution in [2.75, 3.05) is 25.2 Å². The molecule has 3 aromatic rings. The number of nitrogens with zero attached hydrogens (tertiary/aromatic N) is 3. The summed E-state index contributed by atoms with van der Waals surface area (Å²) < 4.78 is 10.7. The van der Waals surface area contributed by atoms with E-state index in [0.717, 1.165) is 9.80 Å². The first kappa shape index (κ1) is 23.9. The number of para-hydroxylation sites is 1. The number of methoxy groups -OCH3 is 1. The van der Waals surface area contributed by atoms with Gasteiger partial charge in [-0.15, -0.1) is 0 Å². The maximum Gasteiger partial charge on any atom is 0.338 e. The average molecular weight is 496 g/mol. The molecular weight excluding hydrogens is 478 g/mol. The second kappa shape index (κ2) is 9.92. The van der Waals surface area contributed by atoms with E-state index in [1.807, 2.05) is 0 Å². The van der Waals surface area contributed by atoms with Crippen molar-refractivity contribution in [3.8, 4) is 11.3 Å². The Morgan fingerprint density at radius 1 is 1.06 bits per heavy atom. The highest BCUT2D eigenvalue weighted by Gasteiger charge is 2.42. The molecule has 1 saturated heterocycles. The molecule has 1 aliphatic rings. The standard InChI is InChI=1S/C24H18ClN3O7/c1-34-12-11-26-22(29)19(23(30)27(24(26)31)16-5-3-2-4-6-16)14-17-8-10-21(35-17)18-9-7-15(25)13-20(18)28(32)33/h2-10,13-14H,11-12H2,1H3/b19-14-. The van der Waals surface area contributed by atoms with Crippen LogP contribution in [-0.4, -0.2) is 47.9 Å². The molecule has 2 aromatic carbocycles. The lowest BCUT2D eigenvalue weighted by molar-refractivity contribution is -0.384. The number of carbonyl (C=O) groups is 3. The normalized spacial score (nSPS) is 15.3. The predicted molar refractivity (Wildman–Crippen MR) is 127 cm³/mol. The zero-order chi connectivity index (χ0) is 25.1. The van der Waals surface area contributed by atoms with Gasteiger partial charge in [-0.25, -0.2) is 9.69 Å². The van der Waals surface area contributed by atoms with E-state index in [4.69, 9.17) is 20.8 Å². The van der Waals surface area contributed by atoms with Crippen molar-refractivity contribution in [3.05, 3.63) is 87.1 Å². The number of furan rings is 1. The SMILES string of the molecule is COCCN1C(=O)/C(=C/c2ccc(-c3ccc(Cl)cc3[N+](=O)[O-])o2)C(=O)N(c2ccccc2)C1=O. The lowest BCUT2D eigenvalue weighted by Crippen LogP contribution is -2.57. The van der Waals surface area contributed by atoms with E-state index in [-0.39, 0.29) is 46.5 Å². The molecule has 35 heavy (non-hydrogen) atoms. The van der Waals surface area contributed by atoms with Gasteiger partial charge >= 0.3 is 6.03 Å². The van der Waals surface area contributed by atoms with E-state index in [1.165, 1.54) is 43.5 Å². The molecule has 2 heterocycles. The van der Waals surface area contributed by atoms with Gasteiger partial charge in [0.05, 0.1) is 29.3 Å². The van der Waals surface area contributed by atoms with E-state index in [9.17, 15) is 24.5 Å². The van der Waals surface area contributed by atoms with Crippen LogP contribution in [-0.2, 0) is 14.3 Å². The minimum absolute atomic E-state index is 0.0670. The fourth-order valence-corrected chi connectivity index (χ4v) is 3.71. The minimum atomic E-state index is -0.824. The molecular formula is C24H18ClN3O7. The second-order valence-corrected chi connectivity index (χ2v) is 7.82. The van der Waals surface area contributed by atoms with Gasteiger partial charge in [-0.3, -0.25) is 24.6 Å². The third kappa shape index (κ3) is 4.70. The fourth-order valence-electron chi connectivity index (χ4n) is 3.54. The molecule has 0 atom stereocenters. The molecule has 0 N–H and O–H groups in total. The molecule has 0 aliphatic carbocycles. The van der Waals surface area contributed by atoms with Gasteiger partial charge in [0, 0.05) is 18.2 Å². The maximum atomic E-state index is 13.2. The number of anilines is 1. The number of carbonyl (C=O) groups excluding carboxylic acids is 3. The van der Waals surface area contributed by atoms with Gasteiger partial charge in [0.1, 0.15) is 17.1 Å². The molecule has 11 heteroatoms. The van der Waals surface area contributed by atoms with Crippen molar-refractivity contribution in [1.29, 1.82) is 0 Å². The number of barbiturate groups is 1. The first-order valence-corrected chi connectivity index (χ1v) is 10.7. The molecule has 0 saturated carbocycles. The molecule has 1 fully saturated rings. The smallest absolute Gasteiger partial charge is 0.338 e. The summed E-state index contributed by atoms with van der Waals surface area (Å²) in [5.41, 5.74) is -0.105. The molecule has 0 bridgehead atoms. The molecule has 10 nitrogen and oxygen atoms in total. The number of urea groups is 1. The molecule has 178 valence electrons. The van der Waals surface area contributed by atoms with Crippen molar-refractivity contribution in [2.45, 2.75) is 0 Å². The van der Waals surface area contributed by atoms with E-state index in [2.05, 4.69) is 0 Å². The Morgan fingerprint density at radius 3 is 2.49 bits per heavy atom. The number of nitro benzene ring substituents is 1. The Morgan fingerprint density at radius 2 is 1.80 bits per heavy atom. The third-order valence-electron chi connectivity index (χ3n) is 5.20. The Balaban J connectivity index is 1.75. The predicted octanol–water partition coefficient (Wildman–Crippen LogP) is 4.53. The lowest BCUT2D eigenvalue weighted by Gasteiger charge is -2.33. The number of nitro groups is 1. The van der Waals surface area contributed by atoms with Gasteiger partial charge in [-0.05, 0) is 42.5 Å². The molecule has 1 aliphatic heterocycles. The van der Waals surface area contributed by atoms with Crippen LogP contribution in [0.25, 0.3) is 17.4 Å². The minimum Gasteiger partial charge on any atom is -0.456 e. The number of ether oxygens (including phenoxy) is 1. The monoisotopic (exact) mass is 495 g/mol. The average Bonchev–Trinajstić information content (AvgIpc) is 3.31. The largest absolute Gasteiger partial charge is 0.456 e. The summed E-state index contributed by atoms with van der Waals surface area (Å²) >= 11 is 5.88. The summed E-state index contributed by atoms with van der Waals surface area (Å²) in [6.07, 6.45) is 1.21. The molecule has 0 spiro atoms. The van der Waals surface area contributed by atoms with Crippen LogP contribution in [0.3, 0.4) is 0 Å². The van der Waals surface area contributed by atoms with Crippen LogP contribution in [0.15, 0.2) is 70.7 Å². The van der Waals surface area contributed by atoms with Crippen molar-refractivity contribution in [3.63, 3.8) is 0 Å². The highest BCUT2D eigenvalue weighted by Crippen LogP contribution is 2.34. The maximum absolute atomic E-state index is 13.2. The number of benzene rings is 2. The quantitative estimate of drug-likeness (QED) is 0.204. The van der Waals surface area contributed by atoms with Gasteiger partial charge in [-0.2, -0.15) is 0 Å². The van der Waals surface area contributed by atoms with Crippen molar-refractivity contribution < 1.29 is 28.5 Å². The highest BCUT2D eigenvalue weighted by molar-refractivity contribution is 6.39. The molecule has 1 aromatic heterocycles. The summed E-state index contributed by atoms with van der Waals surface area (Å²) in [6.45, 7) is 0.00914. The van der Waals surface area contributed by atoms with Crippen molar-refractivity contribution in [1.82, 2.24) is 4.90 Å². The number of rotatable bonds is 7. The van der Waals surface area contributed by atoms with Crippen molar-refractivity contribution >= 4 is 46.9 Å². The zero-order valence-corrected chi connectivity index (χ0v) is 19.1.